The van der Waals surface area contributed by atoms with Crippen molar-refractivity contribution in [1.82, 2.24) is 4.98 Å². The van der Waals surface area contributed by atoms with Gasteiger partial charge in [0, 0.05) is 25.6 Å². The van der Waals surface area contributed by atoms with E-state index in [1.54, 1.807) is 13.4 Å². The topological polar surface area (TPSA) is 53.7 Å². The highest BCUT2D eigenvalue weighted by molar-refractivity contribution is 6.74. The molecule has 0 amide bonds. The van der Waals surface area contributed by atoms with E-state index in [0.717, 1.165) is 5.69 Å². The second-order valence-electron chi connectivity index (χ2n) is 13.0. The van der Waals surface area contributed by atoms with Crippen molar-refractivity contribution in [3.8, 4) is 0 Å². The Kier molecular flexibility index (Phi) is 10.0. The molecule has 0 radical (unpaired) electrons. The molecule has 0 bridgehead atoms. The van der Waals surface area contributed by atoms with Crippen LogP contribution in [0.2, 0.25) is 36.3 Å². The van der Waals surface area contributed by atoms with E-state index in [0.29, 0.717) is 25.3 Å². The predicted octanol–water partition coefficient (Wildman–Crippen LogP) is 7.92. The first-order valence-electron chi connectivity index (χ1n) is 12.2. The Morgan fingerprint density at radius 3 is 2.00 bits per heavy atom. The minimum atomic E-state index is -2.03. The SMILES string of the molecule is C=CC[C@H](OC)c1coc(C[C@H](O[Si](C)(C)C(C)(C)C)C(C)(C)CO[Si](C)(C)C(C)(C)C)n1. The summed E-state index contributed by atoms with van der Waals surface area (Å²) < 4.78 is 25.1. The molecule has 0 spiro atoms. The van der Waals surface area contributed by atoms with Crippen LogP contribution in [0.25, 0.3) is 0 Å². The first-order valence-corrected chi connectivity index (χ1v) is 18.0. The molecule has 0 N–H and O–H groups in total. The van der Waals surface area contributed by atoms with Gasteiger partial charge in [-0.25, -0.2) is 4.98 Å². The highest BCUT2D eigenvalue weighted by Crippen LogP contribution is 2.42. The van der Waals surface area contributed by atoms with Crippen LogP contribution in [0.3, 0.4) is 0 Å². The number of aromatic nitrogens is 1. The van der Waals surface area contributed by atoms with Crippen LogP contribution in [0.1, 0.15) is 79.5 Å². The van der Waals surface area contributed by atoms with E-state index in [2.05, 4.69) is 88.2 Å². The summed E-state index contributed by atoms with van der Waals surface area (Å²) in [6.07, 6.45) is 4.62. The second kappa shape index (κ2) is 10.9. The number of hydrogen-bond donors (Lipinski definition) is 0. The van der Waals surface area contributed by atoms with Crippen molar-refractivity contribution in [1.29, 1.82) is 0 Å². The van der Waals surface area contributed by atoms with Crippen molar-refractivity contribution in [2.45, 2.75) is 117 Å². The Morgan fingerprint density at radius 2 is 1.55 bits per heavy atom. The molecule has 192 valence electrons. The average Bonchev–Trinajstić information content (AvgIpc) is 3.10. The normalized spacial score (nSPS) is 16.0. The number of nitrogens with zero attached hydrogens (tertiary/aromatic N) is 1. The molecule has 1 aromatic heterocycles. The van der Waals surface area contributed by atoms with Crippen LogP contribution in [0.15, 0.2) is 23.3 Å². The van der Waals surface area contributed by atoms with Gasteiger partial charge in [-0.3, -0.25) is 0 Å². The van der Waals surface area contributed by atoms with Crippen LogP contribution in [0.4, 0.5) is 0 Å². The summed E-state index contributed by atoms with van der Waals surface area (Å²) in [6, 6.07) is 0. The lowest BCUT2D eigenvalue weighted by Gasteiger charge is -2.45. The molecule has 0 unspecified atom stereocenters. The van der Waals surface area contributed by atoms with Crippen LogP contribution in [0, 0.1) is 5.41 Å². The molecular weight excluding hydrogens is 446 g/mol. The van der Waals surface area contributed by atoms with Gasteiger partial charge in [-0.05, 0) is 42.7 Å². The Hall–Kier alpha value is -0.736. The first-order chi connectivity index (χ1) is 14.8. The summed E-state index contributed by atoms with van der Waals surface area (Å²) in [5, 5.41) is 0.269. The summed E-state index contributed by atoms with van der Waals surface area (Å²) >= 11 is 0. The van der Waals surface area contributed by atoms with Gasteiger partial charge >= 0.3 is 0 Å². The molecule has 0 fully saturated rings. The van der Waals surface area contributed by atoms with Crippen LogP contribution in [0.5, 0.6) is 0 Å². The maximum absolute atomic E-state index is 6.99. The van der Waals surface area contributed by atoms with Crippen LogP contribution < -0.4 is 0 Å². The first kappa shape index (κ1) is 30.3. The lowest BCUT2D eigenvalue weighted by atomic mass is 9.86. The van der Waals surface area contributed by atoms with Gasteiger partial charge in [-0.15, -0.1) is 6.58 Å². The Balaban J connectivity index is 3.21. The van der Waals surface area contributed by atoms with E-state index < -0.39 is 16.6 Å². The molecule has 0 aromatic carbocycles. The van der Waals surface area contributed by atoms with Gasteiger partial charge in [-0.1, -0.05) is 61.5 Å². The summed E-state index contributed by atoms with van der Waals surface area (Å²) in [5.41, 5.74) is 0.593. The standard InChI is InChI=1S/C26H51NO4Si2/c1-15-16-21(28-10)20-18-29-23(27-20)17-22(31-33(13,14)25(5,6)7)26(8,9)19-30-32(11,12)24(2,3)4/h15,18,21-22H,1,16-17,19H2,2-14H3/t21-,22-/m0/s1. The molecule has 7 heteroatoms. The maximum Gasteiger partial charge on any atom is 0.196 e. The highest BCUT2D eigenvalue weighted by Gasteiger charge is 2.45. The summed E-state index contributed by atoms with van der Waals surface area (Å²) in [6.45, 7) is 31.8. The maximum atomic E-state index is 6.99. The van der Waals surface area contributed by atoms with E-state index in [1.165, 1.54) is 0 Å². The van der Waals surface area contributed by atoms with E-state index >= 15 is 0 Å². The van der Waals surface area contributed by atoms with Crippen LogP contribution >= 0.6 is 0 Å². The molecule has 1 aromatic rings. The van der Waals surface area contributed by atoms with Gasteiger partial charge in [0.2, 0.25) is 0 Å². The average molecular weight is 498 g/mol. The van der Waals surface area contributed by atoms with Crippen molar-refractivity contribution in [2.75, 3.05) is 13.7 Å². The number of ether oxygens (including phenoxy) is 1. The zero-order valence-corrected chi connectivity index (χ0v) is 25.7. The molecule has 1 rings (SSSR count). The van der Waals surface area contributed by atoms with Crippen molar-refractivity contribution in [2.24, 2.45) is 5.41 Å². The quantitative estimate of drug-likeness (QED) is 0.217. The zero-order valence-electron chi connectivity index (χ0n) is 23.7. The van der Waals surface area contributed by atoms with Crippen LogP contribution in [-0.4, -0.2) is 41.4 Å². The molecule has 0 aliphatic heterocycles. The number of rotatable bonds is 12. The third kappa shape index (κ3) is 8.16. The Morgan fingerprint density at radius 1 is 1.00 bits per heavy atom. The third-order valence-corrected chi connectivity index (χ3v) is 16.6. The Labute approximate surface area is 205 Å². The largest absolute Gasteiger partial charge is 0.449 e. The monoisotopic (exact) mass is 497 g/mol. The lowest BCUT2D eigenvalue weighted by Crippen LogP contribution is -2.51. The summed E-state index contributed by atoms with van der Waals surface area (Å²) in [5.74, 6) is 0.681. The van der Waals surface area contributed by atoms with Crippen LogP contribution in [-0.2, 0) is 20.0 Å². The van der Waals surface area contributed by atoms with Crippen molar-refractivity contribution in [3.05, 3.63) is 30.5 Å². The van der Waals surface area contributed by atoms with Gasteiger partial charge in [0.15, 0.2) is 22.5 Å². The van der Waals surface area contributed by atoms with Crippen molar-refractivity contribution >= 4 is 16.6 Å². The molecule has 0 aliphatic carbocycles. The fourth-order valence-electron chi connectivity index (χ4n) is 2.90. The van der Waals surface area contributed by atoms with Crippen molar-refractivity contribution in [3.63, 3.8) is 0 Å². The lowest BCUT2D eigenvalue weighted by molar-refractivity contribution is 0.0167. The molecule has 1 heterocycles. The van der Waals surface area contributed by atoms with Gasteiger partial charge in [0.05, 0.1) is 6.10 Å². The summed E-state index contributed by atoms with van der Waals surface area (Å²) in [4.78, 5) is 4.76. The fourth-order valence-corrected chi connectivity index (χ4v) is 5.53. The highest BCUT2D eigenvalue weighted by atomic mass is 28.4. The van der Waals surface area contributed by atoms with Gasteiger partial charge in [0.25, 0.3) is 0 Å². The van der Waals surface area contributed by atoms with E-state index in [-0.39, 0.29) is 27.7 Å². The molecule has 33 heavy (non-hydrogen) atoms. The van der Waals surface area contributed by atoms with Gasteiger partial charge in [0.1, 0.15) is 18.1 Å². The molecule has 2 atom stereocenters. The minimum absolute atomic E-state index is 0.0740. The summed E-state index contributed by atoms with van der Waals surface area (Å²) in [7, 11) is -2.22. The second-order valence-corrected chi connectivity index (χ2v) is 22.6. The molecule has 0 aliphatic rings. The fraction of sp³-hybridized carbons (Fsp3) is 0.808. The minimum Gasteiger partial charge on any atom is -0.449 e. The van der Waals surface area contributed by atoms with Crippen molar-refractivity contribution < 1.29 is 18.0 Å². The number of hydrogen-bond acceptors (Lipinski definition) is 5. The van der Waals surface area contributed by atoms with E-state index in [4.69, 9.17) is 23.0 Å². The zero-order chi connectivity index (χ0) is 25.9. The molecule has 0 saturated carbocycles. The third-order valence-electron chi connectivity index (χ3n) is 7.65. The number of oxazole rings is 1. The van der Waals surface area contributed by atoms with Gasteiger partial charge < -0.3 is 18.0 Å². The van der Waals surface area contributed by atoms with E-state index in [1.807, 2.05) is 6.08 Å². The smallest absolute Gasteiger partial charge is 0.196 e. The predicted molar refractivity (Wildman–Crippen MR) is 144 cm³/mol. The molecule has 0 saturated heterocycles. The van der Waals surface area contributed by atoms with E-state index in [9.17, 15) is 0 Å². The Bertz CT molecular complexity index is 757. The molecule has 5 nitrogen and oxygen atoms in total. The number of methoxy groups -OCH3 is 1. The van der Waals surface area contributed by atoms with Gasteiger partial charge in [-0.2, -0.15) is 0 Å². The molecular formula is C26H51NO4Si2.